The summed E-state index contributed by atoms with van der Waals surface area (Å²) < 4.78 is 5.31. The van der Waals surface area contributed by atoms with Gasteiger partial charge in [-0.3, -0.25) is 14.6 Å². The Bertz CT molecular complexity index is 962. The van der Waals surface area contributed by atoms with Crippen LogP contribution in [-0.4, -0.2) is 28.9 Å². The number of benzene rings is 1. The van der Waals surface area contributed by atoms with E-state index in [4.69, 9.17) is 16.3 Å². The van der Waals surface area contributed by atoms with E-state index in [0.29, 0.717) is 33.4 Å². The van der Waals surface area contributed by atoms with Crippen molar-refractivity contribution in [2.45, 2.75) is 0 Å². The van der Waals surface area contributed by atoms with Gasteiger partial charge in [-0.05, 0) is 36.4 Å². The largest absolute Gasteiger partial charge is 0.494 e. The summed E-state index contributed by atoms with van der Waals surface area (Å²) in [5.74, 6) is -0.252. The van der Waals surface area contributed by atoms with E-state index in [0.717, 1.165) is 0 Å². The molecule has 27 heavy (non-hydrogen) atoms. The number of ether oxygens (including phenoxy) is 1. The minimum Gasteiger partial charge on any atom is -0.494 e. The van der Waals surface area contributed by atoms with Crippen LogP contribution in [0.4, 0.5) is 11.4 Å². The van der Waals surface area contributed by atoms with Gasteiger partial charge in [0.05, 0.1) is 23.9 Å². The van der Waals surface area contributed by atoms with E-state index >= 15 is 0 Å². The summed E-state index contributed by atoms with van der Waals surface area (Å²) in [6.45, 7) is 0. The molecule has 2 heterocycles. The number of hydrogen-bond acceptors (Lipinski definition) is 5. The second kappa shape index (κ2) is 8.29. The number of rotatable bonds is 5. The Morgan fingerprint density at radius 1 is 1.00 bits per heavy atom. The van der Waals surface area contributed by atoms with Crippen molar-refractivity contribution < 1.29 is 14.3 Å². The van der Waals surface area contributed by atoms with Crippen LogP contribution in [0.25, 0.3) is 0 Å². The molecule has 3 rings (SSSR count). The summed E-state index contributed by atoms with van der Waals surface area (Å²) in [7, 11) is 1.48. The Hall–Kier alpha value is -3.45. The number of nitrogens with zero attached hydrogens (tertiary/aromatic N) is 2. The number of pyridine rings is 2. The van der Waals surface area contributed by atoms with Crippen molar-refractivity contribution in [3.05, 3.63) is 77.3 Å². The van der Waals surface area contributed by atoms with Crippen molar-refractivity contribution in [3.8, 4) is 5.75 Å². The van der Waals surface area contributed by atoms with E-state index < -0.39 is 0 Å². The van der Waals surface area contributed by atoms with Crippen LogP contribution in [0, 0.1) is 0 Å². The maximum absolute atomic E-state index is 12.3. The third-order valence-electron chi connectivity index (χ3n) is 3.62. The van der Waals surface area contributed by atoms with Gasteiger partial charge in [-0.1, -0.05) is 11.6 Å². The molecule has 136 valence electrons. The summed E-state index contributed by atoms with van der Waals surface area (Å²) >= 11 is 5.72. The van der Waals surface area contributed by atoms with Crippen LogP contribution in [0.2, 0.25) is 5.15 Å². The predicted molar refractivity (Wildman–Crippen MR) is 102 cm³/mol. The molecule has 0 spiro atoms. The van der Waals surface area contributed by atoms with Gasteiger partial charge in [0.1, 0.15) is 10.9 Å². The maximum Gasteiger partial charge on any atom is 0.257 e. The predicted octanol–water partition coefficient (Wildman–Crippen LogP) is 3.64. The SMILES string of the molecule is COc1cc(NC(=O)c2ccc(Cl)nc2)ccc1NC(=O)c1cccnc1. The van der Waals surface area contributed by atoms with Gasteiger partial charge in [0, 0.05) is 30.3 Å². The number of amides is 2. The molecule has 0 radical (unpaired) electrons. The number of carbonyl (C=O) groups excluding carboxylic acids is 2. The molecule has 8 heteroatoms. The number of anilines is 2. The van der Waals surface area contributed by atoms with E-state index in [9.17, 15) is 9.59 Å². The van der Waals surface area contributed by atoms with Crippen molar-refractivity contribution in [1.29, 1.82) is 0 Å². The molecular weight excluding hydrogens is 368 g/mol. The third-order valence-corrected chi connectivity index (χ3v) is 3.84. The van der Waals surface area contributed by atoms with E-state index in [-0.39, 0.29) is 11.8 Å². The van der Waals surface area contributed by atoms with Gasteiger partial charge in [-0.15, -0.1) is 0 Å². The number of aromatic nitrogens is 2. The smallest absolute Gasteiger partial charge is 0.257 e. The molecule has 7 nitrogen and oxygen atoms in total. The van der Waals surface area contributed by atoms with Gasteiger partial charge in [0.15, 0.2) is 0 Å². The van der Waals surface area contributed by atoms with Gasteiger partial charge >= 0.3 is 0 Å². The van der Waals surface area contributed by atoms with Crippen LogP contribution in [0.5, 0.6) is 5.75 Å². The lowest BCUT2D eigenvalue weighted by molar-refractivity contribution is 0.101. The van der Waals surface area contributed by atoms with Crippen LogP contribution in [0.1, 0.15) is 20.7 Å². The highest BCUT2D eigenvalue weighted by atomic mass is 35.5. The summed E-state index contributed by atoms with van der Waals surface area (Å²) in [6.07, 6.45) is 4.44. The third kappa shape index (κ3) is 4.59. The average Bonchev–Trinajstić information content (AvgIpc) is 2.70. The Balaban J connectivity index is 1.75. The molecule has 0 aliphatic rings. The zero-order valence-electron chi connectivity index (χ0n) is 14.3. The highest BCUT2D eigenvalue weighted by molar-refractivity contribution is 6.29. The molecule has 0 aliphatic heterocycles. The average molecular weight is 383 g/mol. The number of hydrogen-bond donors (Lipinski definition) is 2. The first-order valence-electron chi connectivity index (χ1n) is 7.89. The number of methoxy groups -OCH3 is 1. The van der Waals surface area contributed by atoms with Crippen LogP contribution < -0.4 is 15.4 Å². The molecular formula is C19H15ClN4O3. The Morgan fingerprint density at radius 3 is 2.44 bits per heavy atom. The first-order chi connectivity index (χ1) is 13.1. The summed E-state index contributed by atoms with van der Waals surface area (Å²) in [6, 6.07) is 11.4. The molecule has 2 amide bonds. The highest BCUT2D eigenvalue weighted by Crippen LogP contribution is 2.28. The standard InChI is InChI=1S/C19H15ClN4O3/c1-27-16-9-14(23-18(25)13-4-7-17(20)22-11-13)5-6-15(16)24-19(26)12-3-2-8-21-10-12/h2-11H,1H3,(H,23,25)(H,24,26). The minimum atomic E-state index is -0.339. The lowest BCUT2D eigenvalue weighted by Crippen LogP contribution is -2.14. The van der Waals surface area contributed by atoms with Crippen LogP contribution in [0.3, 0.4) is 0 Å². The molecule has 0 saturated heterocycles. The number of halogens is 1. The van der Waals surface area contributed by atoms with E-state index in [2.05, 4.69) is 20.6 Å². The fourth-order valence-corrected chi connectivity index (χ4v) is 2.39. The lowest BCUT2D eigenvalue weighted by Gasteiger charge is -2.12. The number of nitrogens with one attached hydrogen (secondary N) is 2. The lowest BCUT2D eigenvalue weighted by atomic mass is 10.2. The Morgan fingerprint density at radius 2 is 1.78 bits per heavy atom. The molecule has 0 bridgehead atoms. The van der Waals surface area contributed by atoms with Crippen LogP contribution in [0.15, 0.2) is 61.1 Å². The van der Waals surface area contributed by atoms with Gasteiger partial charge in [0.25, 0.3) is 11.8 Å². The molecule has 2 aromatic heterocycles. The van der Waals surface area contributed by atoms with Gasteiger partial charge < -0.3 is 15.4 Å². The molecule has 0 fully saturated rings. The second-order valence-electron chi connectivity index (χ2n) is 5.43. The van der Waals surface area contributed by atoms with Crippen molar-refractivity contribution in [3.63, 3.8) is 0 Å². The Labute approximate surface area is 160 Å². The van der Waals surface area contributed by atoms with Crippen molar-refractivity contribution in [1.82, 2.24) is 9.97 Å². The topological polar surface area (TPSA) is 93.2 Å². The van der Waals surface area contributed by atoms with E-state index in [1.54, 1.807) is 42.6 Å². The maximum atomic E-state index is 12.3. The summed E-state index contributed by atoms with van der Waals surface area (Å²) in [5.41, 5.74) is 1.77. The van der Waals surface area contributed by atoms with E-state index in [1.165, 1.54) is 25.6 Å². The van der Waals surface area contributed by atoms with E-state index in [1.807, 2.05) is 0 Å². The highest BCUT2D eigenvalue weighted by Gasteiger charge is 2.12. The number of carbonyl (C=O) groups is 2. The van der Waals surface area contributed by atoms with Gasteiger partial charge in [-0.25, -0.2) is 4.98 Å². The van der Waals surface area contributed by atoms with Gasteiger partial charge in [-0.2, -0.15) is 0 Å². The quantitative estimate of drug-likeness (QED) is 0.657. The van der Waals surface area contributed by atoms with Crippen molar-refractivity contribution in [2.24, 2.45) is 0 Å². The summed E-state index contributed by atoms with van der Waals surface area (Å²) in [5, 5.41) is 5.80. The first-order valence-corrected chi connectivity index (χ1v) is 8.27. The fourth-order valence-electron chi connectivity index (χ4n) is 2.28. The van der Waals surface area contributed by atoms with Crippen molar-refractivity contribution in [2.75, 3.05) is 17.7 Å². The van der Waals surface area contributed by atoms with Gasteiger partial charge in [0.2, 0.25) is 0 Å². The normalized spacial score (nSPS) is 10.1. The minimum absolute atomic E-state index is 0.307. The molecule has 0 saturated carbocycles. The Kier molecular flexibility index (Phi) is 5.63. The monoisotopic (exact) mass is 382 g/mol. The zero-order valence-corrected chi connectivity index (χ0v) is 15.0. The molecule has 0 atom stereocenters. The molecule has 0 unspecified atom stereocenters. The molecule has 0 aliphatic carbocycles. The van der Waals surface area contributed by atoms with Crippen LogP contribution in [-0.2, 0) is 0 Å². The summed E-state index contributed by atoms with van der Waals surface area (Å²) in [4.78, 5) is 32.3. The molecule has 3 aromatic rings. The first kappa shape index (κ1) is 18.3. The fraction of sp³-hybridized carbons (Fsp3) is 0.0526. The molecule has 1 aromatic carbocycles. The molecule has 2 N–H and O–H groups in total. The zero-order chi connectivity index (χ0) is 19.2. The van der Waals surface area contributed by atoms with Crippen molar-refractivity contribution >= 4 is 34.8 Å². The second-order valence-corrected chi connectivity index (χ2v) is 5.82. The van der Waals surface area contributed by atoms with Crippen LogP contribution >= 0.6 is 11.6 Å².